The number of aryl methyl sites for hydroxylation is 1. The van der Waals surface area contributed by atoms with E-state index in [2.05, 4.69) is 15.3 Å². The molecule has 1 aromatic heterocycles. The van der Waals surface area contributed by atoms with Crippen LogP contribution < -0.4 is 5.32 Å². The number of carbonyl (C=O) groups is 1. The Kier molecular flexibility index (Phi) is 4.23. The second kappa shape index (κ2) is 6.84. The van der Waals surface area contributed by atoms with Crippen LogP contribution in [0.2, 0.25) is 0 Å². The third-order valence-electron chi connectivity index (χ3n) is 4.43. The minimum Gasteiger partial charge on any atom is -0.338 e. The predicted molar refractivity (Wildman–Crippen MR) is 105 cm³/mol. The number of aromatic nitrogens is 2. The summed E-state index contributed by atoms with van der Waals surface area (Å²) in [4.78, 5) is 20.6. The number of carbonyl (C=O) groups excluding carboxylic acids is 1. The fourth-order valence-corrected chi connectivity index (χ4v) is 3.08. The van der Waals surface area contributed by atoms with Crippen LogP contribution in [-0.2, 0) is 6.42 Å². The minimum atomic E-state index is -0.0933. The van der Waals surface area contributed by atoms with E-state index in [0.29, 0.717) is 5.56 Å². The fourth-order valence-electron chi connectivity index (χ4n) is 3.08. The number of hydrogen-bond donors (Lipinski definition) is 2. The van der Waals surface area contributed by atoms with Gasteiger partial charge in [0.2, 0.25) is 0 Å². The summed E-state index contributed by atoms with van der Waals surface area (Å²) in [6, 6.07) is 23.3. The highest BCUT2D eigenvalue weighted by Gasteiger charge is 2.11. The van der Waals surface area contributed by atoms with Gasteiger partial charge in [0.15, 0.2) is 0 Å². The van der Waals surface area contributed by atoms with Crippen molar-refractivity contribution in [3.8, 4) is 11.4 Å². The quantitative estimate of drug-likeness (QED) is 0.546. The maximum absolute atomic E-state index is 12.6. The summed E-state index contributed by atoms with van der Waals surface area (Å²) in [6.45, 7) is 2.05. The highest BCUT2D eigenvalue weighted by Crippen LogP contribution is 2.23. The molecule has 26 heavy (non-hydrogen) atoms. The van der Waals surface area contributed by atoms with Crippen molar-refractivity contribution in [3.63, 3.8) is 0 Å². The molecule has 0 saturated carbocycles. The second-order valence-corrected chi connectivity index (χ2v) is 6.15. The molecule has 2 N–H and O–H groups in total. The van der Waals surface area contributed by atoms with Crippen molar-refractivity contribution < 1.29 is 4.79 Å². The molecule has 4 heteroatoms. The first-order valence-corrected chi connectivity index (χ1v) is 8.69. The summed E-state index contributed by atoms with van der Waals surface area (Å²) in [7, 11) is 0. The van der Waals surface area contributed by atoms with Crippen LogP contribution in [0.1, 0.15) is 22.8 Å². The topological polar surface area (TPSA) is 57.8 Å². The number of H-pyrrole nitrogens is 1. The Labute approximate surface area is 151 Å². The first kappa shape index (κ1) is 16.1. The monoisotopic (exact) mass is 341 g/mol. The van der Waals surface area contributed by atoms with Gasteiger partial charge < -0.3 is 10.3 Å². The van der Waals surface area contributed by atoms with Gasteiger partial charge in [0.1, 0.15) is 5.82 Å². The highest BCUT2D eigenvalue weighted by atomic mass is 16.1. The Morgan fingerprint density at radius 3 is 2.65 bits per heavy atom. The smallest absolute Gasteiger partial charge is 0.255 e. The number of imidazole rings is 1. The van der Waals surface area contributed by atoms with Crippen LogP contribution >= 0.6 is 0 Å². The van der Waals surface area contributed by atoms with E-state index < -0.39 is 0 Å². The van der Waals surface area contributed by atoms with Gasteiger partial charge in [-0.15, -0.1) is 0 Å². The molecule has 128 valence electrons. The number of rotatable bonds is 4. The lowest BCUT2D eigenvalue weighted by Gasteiger charge is -2.09. The third kappa shape index (κ3) is 3.09. The van der Waals surface area contributed by atoms with Gasteiger partial charge in [-0.3, -0.25) is 4.79 Å². The lowest BCUT2D eigenvalue weighted by atomic mass is 10.0. The number of para-hydroxylation sites is 2. The molecule has 0 spiro atoms. The molecular formula is C22H19N3O. The van der Waals surface area contributed by atoms with Crippen LogP contribution in [-0.4, -0.2) is 15.9 Å². The average Bonchev–Trinajstić information content (AvgIpc) is 3.12. The number of hydrogen-bond acceptors (Lipinski definition) is 2. The Morgan fingerprint density at radius 2 is 1.81 bits per heavy atom. The van der Waals surface area contributed by atoms with Gasteiger partial charge in [-0.1, -0.05) is 49.4 Å². The third-order valence-corrected chi connectivity index (χ3v) is 4.43. The summed E-state index contributed by atoms with van der Waals surface area (Å²) >= 11 is 0. The standard InChI is InChI=1S/C22H19N3O/c1-2-15-8-3-4-11-18(15)22(26)23-17-10-7-9-16(14-17)21-24-19-12-5-6-13-20(19)25-21/h3-14H,2H2,1H3,(H,23,26)(H,24,25). The van der Waals surface area contributed by atoms with Gasteiger partial charge in [0, 0.05) is 16.8 Å². The van der Waals surface area contributed by atoms with Crippen LogP contribution in [0.5, 0.6) is 0 Å². The van der Waals surface area contributed by atoms with E-state index in [1.165, 1.54) is 0 Å². The Bertz CT molecular complexity index is 1050. The lowest BCUT2D eigenvalue weighted by molar-refractivity contribution is 0.102. The Morgan fingerprint density at radius 1 is 1.00 bits per heavy atom. The number of nitrogens with one attached hydrogen (secondary N) is 2. The van der Waals surface area contributed by atoms with Crippen LogP contribution in [0.15, 0.2) is 72.8 Å². The number of anilines is 1. The Balaban J connectivity index is 1.62. The first-order valence-electron chi connectivity index (χ1n) is 8.69. The van der Waals surface area contributed by atoms with Gasteiger partial charge in [-0.05, 0) is 42.3 Å². The number of aromatic amines is 1. The van der Waals surface area contributed by atoms with E-state index in [-0.39, 0.29) is 5.91 Å². The molecule has 1 heterocycles. The lowest BCUT2D eigenvalue weighted by Crippen LogP contribution is -2.14. The second-order valence-electron chi connectivity index (χ2n) is 6.15. The number of amides is 1. The van der Waals surface area contributed by atoms with Crippen molar-refractivity contribution >= 4 is 22.6 Å². The van der Waals surface area contributed by atoms with E-state index in [0.717, 1.165) is 40.1 Å². The molecule has 4 aromatic rings. The van der Waals surface area contributed by atoms with Crippen molar-refractivity contribution in [3.05, 3.63) is 83.9 Å². The van der Waals surface area contributed by atoms with Crippen molar-refractivity contribution in [2.24, 2.45) is 0 Å². The summed E-state index contributed by atoms with van der Waals surface area (Å²) in [6.07, 6.45) is 0.822. The van der Waals surface area contributed by atoms with Crippen molar-refractivity contribution in [1.82, 2.24) is 9.97 Å². The summed E-state index contributed by atoms with van der Waals surface area (Å²) in [5.41, 5.74) is 5.35. The molecule has 0 saturated heterocycles. The van der Waals surface area contributed by atoms with Gasteiger partial charge in [0.05, 0.1) is 11.0 Å². The normalized spacial score (nSPS) is 10.8. The zero-order valence-electron chi connectivity index (χ0n) is 14.5. The number of fused-ring (bicyclic) bond motifs is 1. The summed E-state index contributed by atoms with van der Waals surface area (Å²) in [5, 5.41) is 3.00. The minimum absolute atomic E-state index is 0.0933. The van der Waals surface area contributed by atoms with Crippen LogP contribution in [0.4, 0.5) is 5.69 Å². The molecule has 0 unspecified atom stereocenters. The predicted octanol–water partition coefficient (Wildman–Crippen LogP) is 5.04. The molecule has 4 nitrogen and oxygen atoms in total. The molecule has 0 aliphatic rings. The highest BCUT2D eigenvalue weighted by molar-refractivity contribution is 6.05. The van der Waals surface area contributed by atoms with Crippen LogP contribution in [0.3, 0.4) is 0 Å². The van der Waals surface area contributed by atoms with Crippen molar-refractivity contribution in [2.75, 3.05) is 5.32 Å². The van der Waals surface area contributed by atoms with Gasteiger partial charge in [-0.25, -0.2) is 4.98 Å². The van der Waals surface area contributed by atoms with E-state index in [1.807, 2.05) is 79.7 Å². The zero-order chi connectivity index (χ0) is 17.9. The molecule has 0 atom stereocenters. The van der Waals surface area contributed by atoms with Gasteiger partial charge in [-0.2, -0.15) is 0 Å². The molecule has 0 fully saturated rings. The molecule has 1 amide bonds. The van der Waals surface area contributed by atoms with Crippen molar-refractivity contribution in [1.29, 1.82) is 0 Å². The molecule has 0 bridgehead atoms. The first-order chi connectivity index (χ1) is 12.7. The molecule has 0 aliphatic heterocycles. The molecular weight excluding hydrogens is 322 g/mol. The molecule has 4 rings (SSSR count). The SMILES string of the molecule is CCc1ccccc1C(=O)Nc1cccc(-c2nc3ccccc3[nH]2)c1. The van der Waals surface area contributed by atoms with E-state index in [4.69, 9.17) is 0 Å². The largest absolute Gasteiger partial charge is 0.338 e. The average molecular weight is 341 g/mol. The number of nitrogens with zero attached hydrogens (tertiary/aromatic N) is 1. The fraction of sp³-hybridized carbons (Fsp3) is 0.0909. The molecule has 3 aromatic carbocycles. The van der Waals surface area contributed by atoms with Crippen LogP contribution in [0, 0.1) is 0 Å². The van der Waals surface area contributed by atoms with Gasteiger partial charge in [0.25, 0.3) is 5.91 Å². The maximum atomic E-state index is 12.6. The summed E-state index contributed by atoms with van der Waals surface area (Å²) < 4.78 is 0. The van der Waals surface area contributed by atoms with Gasteiger partial charge >= 0.3 is 0 Å². The van der Waals surface area contributed by atoms with E-state index in [1.54, 1.807) is 0 Å². The van der Waals surface area contributed by atoms with Crippen molar-refractivity contribution in [2.45, 2.75) is 13.3 Å². The molecule has 0 radical (unpaired) electrons. The summed E-state index contributed by atoms with van der Waals surface area (Å²) in [5.74, 6) is 0.695. The zero-order valence-corrected chi connectivity index (χ0v) is 14.5. The van der Waals surface area contributed by atoms with E-state index in [9.17, 15) is 4.79 Å². The van der Waals surface area contributed by atoms with Crippen LogP contribution in [0.25, 0.3) is 22.4 Å². The maximum Gasteiger partial charge on any atom is 0.255 e. The number of benzene rings is 3. The molecule has 0 aliphatic carbocycles. The van der Waals surface area contributed by atoms with E-state index >= 15 is 0 Å². The Hall–Kier alpha value is -3.40.